The van der Waals surface area contributed by atoms with Crippen molar-refractivity contribution in [2.45, 2.75) is 40.8 Å². The summed E-state index contributed by atoms with van der Waals surface area (Å²) in [4.78, 5) is 37.1. The third-order valence-corrected chi connectivity index (χ3v) is 6.14. The molecule has 2 aromatic carbocycles. The second-order valence-corrected chi connectivity index (χ2v) is 8.82. The molecule has 8 nitrogen and oxygen atoms in total. The van der Waals surface area contributed by atoms with Gasteiger partial charge >= 0.3 is 0 Å². The summed E-state index contributed by atoms with van der Waals surface area (Å²) in [5.41, 5.74) is 6.16. The van der Waals surface area contributed by atoms with Crippen molar-refractivity contribution in [3.63, 3.8) is 0 Å². The van der Waals surface area contributed by atoms with Crippen LogP contribution in [0.1, 0.15) is 50.2 Å². The summed E-state index contributed by atoms with van der Waals surface area (Å²) in [5.74, 6) is 0.0133. The van der Waals surface area contributed by atoms with E-state index in [9.17, 15) is 9.59 Å². The van der Waals surface area contributed by atoms with Crippen molar-refractivity contribution in [1.82, 2.24) is 30.0 Å². The van der Waals surface area contributed by atoms with Gasteiger partial charge in [-0.2, -0.15) is 5.10 Å². The Labute approximate surface area is 205 Å². The summed E-state index contributed by atoms with van der Waals surface area (Å²) in [5, 5.41) is 7.75. The standard InChI is InChI=1S/C27H30N6O2/c1-7-33-18(4)21(14-29-33)15-32(6)27(35)24-22-12-16(2)8-9-23(22)30-25(31-24)19-10-17(3)11-20(13-19)26(34)28-5/h8-14H,7,15H2,1-6H3,(H,28,34). The molecule has 2 aromatic heterocycles. The monoisotopic (exact) mass is 470 g/mol. The van der Waals surface area contributed by atoms with Crippen molar-refractivity contribution >= 4 is 22.7 Å². The van der Waals surface area contributed by atoms with Crippen LogP contribution in [-0.2, 0) is 13.1 Å². The second kappa shape index (κ2) is 9.66. The van der Waals surface area contributed by atoms with Crippen LogP contribution in [0, 0.1) is 20.8 Å². The van der Waals surface area contributed by atoms with Gasteiger partial charge in [0.2, 0.25) is 0 Å². The normalized spacial score (nSPS) is 11.0. The van der Waals surface area contributed by atoms with Crippen LogP contribution in [0.15, 0.2) is 42.6 Å². The number of benzene rings is 2. The SMILES string of the molecule is CCn1ncc(CN(C)C(=O)c2nc(-c3cc(C)cc(C(=O)NC)c3)nc3ccc(C)cc23)c1C. The molecule has 2 heterocycles. The van der Waals surface area contributed by atoms with Crippen molar-refractivity contribution in [2.75, 3.05) is 14.1 Å². The smallest absolute Gasteiger partial charge is 0.273 e. The van der Waals surface area contributed by atoms with Crippen LogP contribution in [0.25, 0.3) is 22.3 Å². The zero-order chi connectivity index (χ0) is 25.3. The van der Waals surface area contributed by atoms with E-state index < -0.39 is 0 Å². The lowest BCUT2D eigenvalue weighted by atomic mass is 10.0. The third kappa shape index (κ3) is 4.77. The van der Waals surface area contributed by atoms with Gasteiger partial charge in [0.15, 0.2) is 5.82 Å². The molecule has 180 valence electrons. The first-order valence-electron chi connectivity index (χ1n) is 11.6. The third-order valence-electron chi connectivity index (χ3n) is 6.14. The maximum Gasteiger partial charge on any atom is 0.273 e. The molecule has 4 aromatic rings. The molecule has 0 atom stereocenters. The van der Waals surface area contributed by atoms with Crippen LogP contribution >= 0.6 is 0 Å². The van der Waals surface area contributed by atoms with Gasteiger partial charge in [-0.25, -0.2) is 9.97 Å². The molecule has 0 aliphatic rings. The van der Waals surface area contributed by atoms with E-state index in [4.69, 9.17) is 9.97 Å². The van der Waals surface area contributed by atoms with Crippen molar-refractivity contribution in [3.05, 3.63) is 76.2 Å². The fourth-order valence-electron chi connectivity index (χ4n) is 4.19. The maximum atomic E-state index is 13.7. The fraction of sp³-hybridized carbons (Fsp3) is 0.296. The van der Waals surface area contributed by atoms with E-state index in [0.29, 0.717) is 40.1 Å². The highest BCUT2D eigenvalue weighted by atomic mass is 16.2. The minimum Gasteiger partial charge on any atom is -0.355 e. The highest BCUT2D eigenvalue weighted by Gasteiger charge is 2.21. The Hall–Kier alpha value is -4.07. The van der Waals surface area contributed by atoms with Crippen LogP contribution in [0.3, 0.4) is 0 Å². The highest BCUT2D eigenvalue weighted by Crippen LogP contribution is 2.26. The number of aromatic nitrogens is 4. The van der Waals surface area contributed by atoms with Crippen molar-refractivity contribution in [3.8, 4) is 11.4 Å². The molecule has 0 saturated heterocycles. The molecule has 0 spiro atoms. The maximum absolute atomic E-state index is 13.7. The van der Waals surface area contributed by atoms with E-state index in [0.717, 1.165) is 28.9 Å². The number of nitrogens with zero attached hydrogens (tertiary/aromatic N) is 5. The molecular formula is C27H30N6O2. The van der Waals surface area contributed by atoms with Gasteiger partial charge < -0.3 is 10.2 Å². The molecule has 35 heavy (non-hydrogen) atoms. The lowest BCUT2D eigenvalue weighted by Gasteiger charge is -2.18. The van der Waals surface area contributed by atoms with Gasteiger partial charge in [-0.1, -0.05) is 11.6 Å². The van der Waals surface area contributed by atoms with Crippen LogP contribution in [-0.4, -0.2) is 50.6 Å². The Morgan fingerprint density at radius 3 is 2.49 bits per heavy atom. The molecule has 8 heteroatoms. The fourth-order valence-corrected chi connectivity index (χ4v) is 4.19. The Kier molecular flexibility index (Phi) is 6.64. The zero-order valence-corrected chi connectivity index (χ0v) is 21.0. The molecule has 0 saturated carbocycles. The Balaban J connectivity index is 1.80. The Morgan fingerprint density at radius 2 is 1.80 bits per heavy atom. The van der Waals surface area contributed by atoms with Gasteiger partial charge in [0, 0.05) is 55.0 Å². The molecule has 0 fully saturated rings. The average Bonchev–Trinajstić information content (AvgIpc) is 3.20. The first-order valence-corrected chi connectivity index (χ1v) is 11.6. The van der Waals surface area contributed by atoms with Crippen molar-refractivity contribution in [2.24, 2.45) is 0 Å². The van der Waals surface area contributed by atoms with Gasteiger partial charge in [0.25, 0.3) is 11.8 Å². The van der Waals surface area contributed by atoms with Crippen LogP contribution in [0.2, 0.25) is 0 Å². The number of hydrogen-bond acceptors (Lipinski definition) is 5. The number of carbonyl (C=O) groups is 2. The van der Waals surface area contributed by atoms with Crippen molar-refractivity contribution in [1.29, 1.82) is 0 Å². The average molecular weight is 471 g/mol. The number of aryl methyl sites for hydroxylation is 3. The molecule has 0 unspecified atom stereocenters. The summed E-state index contributed by atoms with van der Waals surface area (Å²) < 4.78 is 1.91. The highest BCUT2D eigenvalue weighted by molar-refractivity contribution is 6.05. The molecule has 0 radical (unpaired) electrons. The molecule has 0 aliphatic heterocycles. The number of carbonyl (C=O) groups excluding carboxylic acids is 2. The molecule has 0 bridgehead atoms. The summed E-state index contributed by atoms with van der Waals surface area (Å²) >= 11 is 0. The van der Waals surface area contributed by atoms with E-state index in [2.05, 4.69) is 10.4 Å². The zero-order valence-electron chi connectivity index (χ0n) is 21.0. The summed E-state index contributed by atoms with van der Waals surface area (Å²) in [6.45, 7) is 9.13. The Morgan fingerprint density at radius 1 is 1.03 bits per heavy atom. The quantitative estimate of drug-likeness (QED) is 0.459. The van der Waals surface area contributed by atoms with Crippen molar-refractivity contribution < 1.29 is 9.59 Å². The topological polar surface area (TPSA) is 93.0 Å². The van der Waals surface area contributed by atoms with Gasteiger partial charge in [0.1, 0.15) is 5.69 Å². The molecule has 4 rings (SSSR count). The minimum atomic E-state index is -0.202. The predicted octanol–water partition coefficient (Wildman–Crippen LogP) is 4.07. The van der Waals surface area contributed by atoms with E-state index in [-0.39, 0.29) is 11.8 Å². The van der Waals surface area contributed by atoms with Crippen LogP contribution < -0.4 is 5.32 Å². The van der Waals surface area contributed by atoms with Gasteiger partial charge in [-0.05, 0) is 63.6 Å². The van der Waals surface area contributed by atoms with Gasteiger partial charge in [-0.3, -0.25) is 14.3 Å². The number of nitrogens with one attached hydrogen (secondary N) is 1. The van der Waals surface area contributed by atoms with Crippen LogP contribution in [0.4, 0.5) is 0 Å². The lowest BCUT2D eigenvalue weighted by molar-refractivity contribution is 0.0781. The van der Waals surface area contributed by atoms with Crippen LogP contribution in [0.5, 0.6) is 0 Å². The first kappa shape index (κ1) is 24.1. The summed E-state index contributed by atoms with van der Waals surface area (Å²) in [6.07, 6.45) is 1.81. The molecule has 1 N–H and O–H groups in total. The number of amides is 2. The van der Waals surface area contributed by atoms with Gasteiger partial charge in [0.05, 0.1) is 11.7 Å². The molecule has 0 aliphatic carbocycles. The largest absolute Gasteiger partial charge is 0.355 e. The molecule has 2 amide bonds. The minimum absolute atomic E-state index is 0.189. The lowest BCUT2D eigenvalue weighted by Crippen LogP contribution is -2.28. The molecular weight excluding hydrogens is 440 g/mol. The number of hydrogen-bond donors (Lipinski definition) is 1. The van der Waals surface area contributed by atoms with Gasteiger partial charge in [-0.15, -0.1) is 0 Å². The second-order valence-electron chi connectivity index (χ2n) is 8.82. The first-order chi connectivity index (χ1) is 16.7. The van der Waals surface area contributed by atoms with E-state index >= 15 is 0 Å². The number of fused-ring (bicyclic) bond motifs is 1. The number of rotatable bonds is 6. The van der Waals surface area contributed by atoms with E-state index in [1.54, 1.807) is 25.1 Å². The van der Waals surface area contributed by atoms with E-state index in [1.807, 2.05) is 68.9 Å². The predicted molar refractivity (Wildman–Crippen MR) is 136 cm³/mol. The summed E-state index contributed by atoms with van der Waals surface area (Å²) in [6, 6.07) is 11.3. The Bertz CT molecular complexity index is 1440. The van der Waals surface area contributed by atoms with E-state index in [1.165, 1.54) is 0 Å². The summed E-state index contributed by atoms with van der Waals surface area (Å²) in [7, 11) is 3.36.